The number of amides is 6. The van der Waals surface area contributed by atoms with Gasteiger partial charge in [-0.05, 0) is 61.0 Å². The molecule has 0 aliphatic heterocycles. The fourth-order valence-electron chi connectivity index (χ4n) is 4.32. The molecule has 47 heavy (non-hydrogen) atoms. The number of carbonyl (C=O) groups is 6. The van der Waals surface area contributed by atoms with Gasteiger partial charge in [-0.2, -0.15) is 11.8 Å². The van der Waals surface area contributed by atoms with Crippen LogP contribution in [0.25, 0.3) is 0 Å². The van der Waals surface area contributed by atoms with E-state index in [1.54, 1.807) is 31.3 Å². The molecular weight excluding hydrogens is 624 g/mol. The van der Waals surface area contributed by atoms with Crippen LogP contribution in [-0.2, 0) is 30.5 Å². The predicted molar refractivity (Wildman–Crippen MR) is 185 cm³/mol. The van der Waals surface area contributed by atoms with Gasteiger partial charge >= 0.3 is 12.1 Å². The van der Waals surface area contributed by atoms with Crippen molar-refractivity contribution in [2.45, 2.75) is 91.8 Å². The van der Waals surface area contributed by atoms with Crippen molar-refractivity contribution in [2.75, 3.05) is 37.5 Å². The van der Waals surface area contributed by atoms with Crippen LogP contribution in [0, 0.1) is 11.3 Å². The van der Waals surface area contributed by atoms with E-state index in [0.29, 0.717) is 49.2 Å². The number of Topliss-reactive ketones (excluding diaryl/α,β-unsaturated/α-hetero) is 1. The maximum atomic E-state index is 13.3. The van der Waals surface area contributed by atoms with E-state index in [-0.39, 0.29) is 49.0 Å². The van der Waals surface area contributed by atoms with Crippen molar-refractivity contribution >= 4 is 53.1 Å². The minimum Gasteiger partial charge on any atom is -0.445 e. The first kappa shape index (κ1) is 41.2. The summed E-state index contributed by atoms with van der Waals surface area (Å²) >= 11 is 1.47. The summed E-state index contributed by atoms with van der Waals surface area (Å²) in [6.45, 7) is 10.4. The van der Waals surface area contributed by atoms with Gasteiger partial charge in [0.1, 0.15) is 24.5 Å². The zero-order valence-electron chi connectivity index (χ0n) is 28.9. The molecule has 0 fully saturated rings. The third-order valence-electron chi connectivity index (χ3n) is 7.12. The monoisotopic (exact) mass is 678 g/mol. The lowest BCUT2D eigenvalue weighted by Crippen LogP contribution is -2.54. The van der Waals surface area contributed by atoms with Gasteiger partial charge in [0, 0.05) is 38.7 Å². The van der Waals surface area contributed by atoms with E-state index in [2.05, 4.69) is 21.3 Å². The Balaban J connectivity index is 2.82. The Morgan fingerprint density at radius 2 is 1.62 bits per heavy atom. The lowest BCUT2D eigenvalue weighted by molar-refractivity contribution is -0.132. The van der Waals surface area contributed by atoms with Crippen LogP contribution in [0.5, 0.6) is 0 Å². The number of hydrogen-bond donors (Lipinski definition) is 5. The van der Waals surface area contributed by atoms with Crippen LogP contribution in [0.15, 0.2) is 24.3 Å². The highest BCUT2D eigenvalue weighted by molar-refractivity contribution is 7.99. The van der Waals surface area contributed by atoms with Gasteiger partial charge in [-0.15, -0.1) is 0 Å². The van der Waals surface area contributed by atoms with E-state index >= 15 is 0 Å². The number of primary amides is 1. The molecule has 0 heterocycles. The van der Waals surface area contributed by atoms with Gasteiger partial charge in [0.2, 0.25) is 17.7 Å². The Morgan fingerprint density at radius 1 is 0.957 bits per heavy atom. The topological polar surface area (TPSA) is 189 Å². The summed E-state index contributed by atoms with van der Waals surface area (Å²) in [7, 11) is 1.61. The van der Waals surface area contributed by atoms with E-state index in [4.69, 9.17) is 10.5 Å². The van der Waals surface area contributed by atoms with Crippen molar-refractivity contribution in [1.29, 1.82) is 0 Å². The standard InChI is InChI=1S/C33H54N6O7S/c1-22(2)28(38-27(41)16-17-33(3,4)5)30(43)37-26(11-8-18-35-31(34)44)29(42)36-24-14-12-23(13-15-24)20-46-32(45)39(6)19-9-10-25(40)21-47-7/h12-15,22,26,28H,8-11,16-21H2,1-7H3,(H,36,42)(H,37,43)(H,38,41)(H3,34,35,44)/t26-,28-/m0/s1. The number of hydrogen-bond acceptors (Lipinski definition) is 8. The highest BCUT2D eigenvalue weighted by Crippen LogP contribution is 2.20. The molecule has 13 nitrogen and oxygen atoms in total. The van der Waals surface area contributed by atoms with Gasteiger partial charge in [-0.25, -0.2) is 9.59 Å². The quantitative estimate of drug-likeness (QED) is 0.129. The molecule has 0 saturated carbocycles. The van der Waals surface area contributed by atoms with Crippen LogP contribution in [0.1, 0.15) is 78.7 Å². The number of ketones is 1. The van der Waals surface area contributed by atoms with Crippen molar-refractivity contribution in [2.24, 2.45) is 17.1 Å². The highest BCUT2D eigenvalue weighted by atomic mass is 32.2. The summed E-state index contributed by atoms with van der Waals surface area (Å²) in [4.78, 5) is 75.7. The number of thioether (sulfide) groups is 1. The van der Waals surface area contributed by atoms with Crippen LogP contribution in [0.4, 0.5) is 15.3 Å². The molecule has 2 atom stereocenters. The summed E-state index contributed by atoms with van der Waals surface area (Å²) in [6.07, 6.45) is 3.83. The largest absolute Gasteiger partial charge is 0.445 e. The van der Waals surface area contributed by atoms with Gasteiger partial charge in [0.05, 0.1) is 5.75 Å². The number of ether oxygens (including phenoxy) is 1. The normalized spacial score (nSPS) is 12.4. The Labute approximate surface area is 283 Å². The fourth-order valence-corrected chi connectivity index (χ4v) is 4.79. The number of carbonyl (C=O) groups excluding carboxylic acids is 6. The predicted octanol–water partition coefficient (Wildman–Crippen LogP) is 3.81. The third-order valence-corrected chi connectivity index (χ3v) is 7.73. The first-order chi connectivity index (χ1) is 22.0. The van der Waals surface area contributed by atoms with Crippen molar-refractivity contribution in [3.05, 3.63) is 29.8 Å². The van der Waals surface area contributed by atoms with Crippen LogP contribution >= 0.6 is 11.8 Å². The van der Waals surface area contributed by atoms with Gasteiger partial charge in [0.15, 0.2) is 0 Å². The maximum absolute atomic E-state index is 13.3. The van der Waals surface area contributed by atoms with E-state index in [1.165, 1.54) is 16.7 Å². The second kappa shape index (κ2) is 21.1. The summed E-state index contributed by atoms with van der Waals surface area (Å²) in [6, 6.07) is 4.22. The summed E-state index contributed by atoms with van der Waals surface area (Å²) in [5, 5.41) is 10.9. The van der Waals surface area contributed by atoms with Gasteiger partial charge in [-0.3, -0.25) is 19.2 Å². The van der Waals surface area contributed by atoms with E-state index in [9.17, 15) is 28.8 Å². The molecule has 14 heteroatoms. The van der Waals surface area contributed by atoms with Crippen LogP contribution < -0.4 is 27.0 Å². The van der Waals surface area contributed by atoms with Crippen molar-refractivity contribution in [3.8, 4) is 0 Å². The maximum Gasteiger partial charge on any atom is 0.409 e. The van der Waals surface area contributed by atoms with Crippen LogP contribution in [-0.4, -0.2) is 84.8 Å². The summed E-state index contributed by atoms with van der Waals surface area (Å²) in [5.74, 6) is -0.822. The SMILES string of the molecule is CSCC(=O)CCCN(C)C(=O)OCc1ccc(NC(=O)[C@H](CCCNC(N)=O)NC(=O)[C@@H](NC(=O)CCC(C)(C)C)C(C)C)cc1. The number of urea groups is 1. The summed E-state index contributed by atoms with van der Waals surface area (Å²) in [5.41, 5.74) is 6.27. The smallest absolute Gasteiger partial charge is 0.409 e. The zero-order valence-corrected chi connectivity index (χ0v) is 29.7. The number of nitrogens with two attached hydrogens (primary N) is 1. The van der Waals surface area contributed by atoms with Crippen molar-refractivity contribution in [1.82, 2.24) is 20.9 Å². The molecule has 0 saturated heterocycles. The molecule has 0 aliphatic rings. The molecule has 0 radical (unpaired) electrons. The lowest BCUT2D eigenvalue weighted by Gasteiger charge is -2.26. The molecule has 0 unspecified atom stereocenters. The number of nitrogens with zero attached hydrogens (tertiary/aromatic N) is 1. The average molecular weight is 679 g/mol. The molecule has 1 rings (SSSR count). The molecule has 264 valence electrons. The number of anilines is 1. The van der Waals surface area contributed by atoms with Gasteiger partial charge in [0.25, 0.3) is 0 Å². The van der Waals surface area contributed by atoms with Crippen LogP contribution in [0.3, 0.4) is 0 Å². The second-order valence-electron chi connectivity index (χ2n) is 13.1. The second-order valence-corrected chi connectivity index (χ2v) is 13.9. The molecule has 1 aromatic carbocycles. The van der Waals surface area contributed by atoms with E-state index < -0.39 is 36.0 Å². The molecule has 0 spiro atoms. The first-order valence-corrected chi connectivity index (χ1v) is 17.3. The lowest BCUT2D eigenvalue weighted by atomic mass is 9.90. The molecule has 1 aromatic rings. The highest BCUT2D eigenvalue weighted by Gasteiger charge is 2.29. The van der Waals surface area contributed by atoms with Crippen molar-refractivity contribution < 1.29 is 33.5 Å². The molecule has 6 N–H and O–H groups in total. The number of benzene rings is 1. The van der Waals surface area contributed by atoms with E-state index in [1.807, 2.05) is 40.9 Å². The van der Waals surface area contributed by atoms with Crippen LogP contribution in [0.2, 0.25) is 0 Å². The number of nitrogens with one attached hydrogen (secondary N) is 4. The Bertz CT molecular complexity index is 1190. The minimum atomic E-state index is -0.961. The molecular formula is C33H54N6O7S. The van der Waals surface area contributed by atoms with Crippen molar-refractivity contribution in [3.63, 3.8) is 0 Å². The van der Waals surface area contributed by atoms with E-state index in [0.717, 1.165) is 0 Å². The Morgan fingerprint density at radius 3 is 2.19 bits per heavy atom. The zero-order chi connectivity index (χ0) is 35.6. The molecule has 0 bridgehead atoms. The number of rotatable bonds is 20. The molecule has 0 aliphatic carbocycles. The first-order valence-electron chi connectivity index (χ1n) is 15.9. The molecule has 6 amide bonds. The average Bonchev–Trinajstić information content (AvgIpc) is 2.99. The fraction of sp³-hybridized carbons (Fsp3) is 0.636. The minimum absolute atomic E-state index is 0.0203. The summed E-state index contributed by atoms with van der Waals surface area (Å²) < 4.78 is 5.36. The van der Waals surface area contributed by atoms with Gasteiger partial charge < -0.3 is 36.6 Å². The Kier molecular flexibility index (Phi) is 18.5. The third kappa shape index (κ3) is 18.2. The van der Waals surface area contributed by atoms with Gasteiger partial charge in [-0.1, -0.05) is 46.8 Å². The Hall–Kier alpha value is -3.81. The molecule has 0 aromatic heterocycles.